The van der Waals surface area contributed by atoms with E-state index < -0.39 is 0 Å². The lowest BCUT2D eigenvalue weighted by atomic mass is 10.4. The second kappa shape index (κ2) is 3.59. The van der Waals surface area contributed by atoms with Crippen molar-refractivity contribution in [3.8, 4) is 0 Å². The highest BCUT2D eigenvalue weighted by molar-refractivity contribution is 5.03. The highest BCUT2D eigenvalue weighted by atomic mass is 15.3. The van der Waals surface area contributed by atoms with Gasteiger partial charge in [0.15, 0.2) is 0 Å². The van der Waals surface area contributed by atoms with Gasteiger partial charge in [-0.25, -0.2) is 4.98 Å². The van der Waals surface area contributed by atoms with Crippen molar-refractivity contribution in [2.24, 2.45) is 12.8 Å². The first-order valence-corrected chi connectivity index (χ1v) is 4.34. The SMILES string of the molecule is Cn1ncnc1Cn1cc(CN)cn1. The molecular weight excluding hydrogens is 180 g/mol. The lowest BCUT2D eigenvalue weighted by molar-refractivity contribution is 0.607. The molecule has 6 heteroatoms. The van der Waals surface area contributed by atoms with Crippen molar-refractivity contribution < 1.29 is 0 Å². The van der Waals surface area contributed by atoms with Gasteiger partial charge in [-0.05, 0) is 0 Å². The molecule has 0 aromatic carbocycles. The molecule has 0 saturated heterocycles. The normalized spacial score (nSPS) is 10.7. The lowest BCUT2D eigenvalue weighted by Crippen LogP contribution is -2.07. The molecule has 0 atom stereocenters. The molecule has 0 aliphatic rings. The van der Waals surface area contributed by atoms with Crippen LogP contribution in [0.4, 0.5) is 0 Å². The quantitative estimate of drug-likeness (QED) is 0.712. The van der Waals surface area contributed by atoms with E-state index in [0.717, 1.165) is 11.4 Å². The summed E-state index contributed by atoms with van der Waals surface area (Å²) < 4.78 is 3.52. The standard InChI is InChI=1S/C8H12N6/c1-13-8(10-6-12-13)5-14-4-7(2-9)3-11-14/h3-4,6H,2,5,9H2,1H3. The Morgan fingerprint density at radius 3 is 2.86 bits per heavy atom. The fraction of sp³-hybridized carbons (Fsp3) is 0.375. The van der Waals surface area contributed by atoms with Gasteiger partial charge in [-0.2, -0.15) is 10.2 Å². The Kier molecular flexibility index (Phi) is 2.28. The average Bonchev–Trinajstić information content (AvgIpc) is 2.77. The second-order valence-corrected chi connectivity index (χ2v) is 3.05. The lowest BCUT2D eigenvalue weighted by Gasteiger charge is -1.99. The fourth-order valence-corrected chi connectivity index (χ4v) is 1.21. The summed E-state index contributed by atoms with van der Waals surface area (Å²) in [5.74, 6) is 0.872. The summed E-state index contributed by atoms with van der Waals surface area (Å²) in [7, 11) is 1.86. The molecule has 0 spiro atoms. The molecule has 0 amide bonds. The van der Waals surface area contributed by atoms with Crippen molar-refractivity contribution in [1.29, 1.82) is 0 Å². The van der Waals surface area contributed by atoms with Crippen LogP contribution in [0.25, 0.3) is 0 Å². The summed E-state index contributed by atoms with van der Waals surface area (Å²) in [5, 5.41) is 8.14. The molecule has 2 aromatic rings. The highest BCUT2D eigenvalue weighted by Gasteiger charge is 2.02. The van der Waals surface area contributed by atoms with Crippen LogP contribution in [0.3, 0.4) is 0 Å². The number of rotatable bonds is 3. The molecule has 2 heterocycles. The number of aryl methyl sites for hydroxylation is 1. The van der Waals surface area contributed by atoms with Crippen molar-refractivity contribution in [3.63, 3.8) is 0 Å². The van der Waals surface area contributed by atoms with Gasteiger partial charge in [-0.1, -0.05) is 0 Å². The fourth-order valence-electron chi connectivity index (χ4n) is 1.21. The van der Waals surface area contributed by atoms with Crippen LogP contribution < -0.4 is 5.73 Å². The van der Waals surface area contributed by atoms with Gasteiger partial charge < -0.3 is 5.73 Å². The summed E-state index contributed by atoms with van der Waals surface area (Å²) in [6.07, 6.45) is 5.20. The first kappa shape index (κ1) is 8.89. The Morgan fingerprint density at radius 1 is 1.43 bits per heavy atom. The highest BCUT2D eigenvalue weighted by Crippen LogP contribution is 1.99. The zero-order valence-electron chi connectivity index (χ0n) is 7.96. The number of nitrogens with zero attached hydrogens (tertiary/aromatic N) is 5. The van der Waals surface area contributed by atoms with E-state index in [1.807, 2.05) is 13.2 Å². The summed E-state index contributed by atoms with van der Waals surface area (Å²) in [6.45, 7) is 1.13. The summed E-state index contributed by atoms with van der Waals surface area (Å²) in [5.41, 5.74) is 6.50. The predicted octanol–water partition coefficient (Wildman–Crippen LogP) is -0.481. The minimum atomic E-state index is 0.513. The first-order valence-electron chi connectivity index (χ1n) is 4.34. The van der Waals surface area contributed by atoms with Gasteiger partial charge in [-0.3, -0.25) is 9.36 Å². The van der Waals surface area contributed by atoms with Crippen molar-refractivity contribution in [1.82, 2.24) is 24.5 Å². The van der Waals surface area contributed by atoms with Gasteiger partial charge in [0, 0.05) is 25.4 Å². The molecule has 0 aliphatic heterocycles. The largest absolute Gasteiger partial charge is 0.326 e. The van der Waals surface area contributed by atoms with E-state index in [-0.39, 0.29) is 0 Å². The van der Waals surface area contributed by atoms with Crippen LogP contribution in [-0.4, -0.2) is 24.5 Å². The third kappa shape index (κ3) is 1.64. The minimum Gasteiger partial charge on any atom is -0.326 e. The van der Waals surface area contributed by atoms with Crippen molar-refractivity contribution in [2.75, 3.05) is 0 Å². The van der Waals surface area contributed by atoms with Crippen LogP contribution in [-0.2, 0) is 20.1 Å². The van der Waals surface area contributed by atoms with Crippen molar-refractivity contribution in [3.05, 3.63) is 30.1 Å². The first-order chi connectivity index (χ1) is 6.79. The Balaban J connectivity index is 2.15. The van der Waals surface area contributed by atoms with Gasteiger partial charge in [0.2, 0.25) is 0 Å². The van der Waals surface area contributed by atoms with Crippen LogP contribution in [0, 0.1) is 0 Å². The van der Waals surface area contributed by atoms with Gasteiger partial charge in [0.25, 0.3) is 0 Å². The number of hydrogen-bond acceptors (Lipinski definition) is 4. The van der Waals surface area contributed by atoms with E-state index in [0.29, 0.717) is 13.1 Å². The molecule has 0 radical (unpaired) electrons. The van der Waals surface area contributed by atoms with E-state index in [1.165, 1.54) is 6.33 Å². The zero-order chi connectivity index (χ0) is 9.97. The monoisotopic (exact) mass is 192 g/mol. The molecule has 0 bridgehead atoms. The Labute approximate surface area is 81.4 Å². The van der Waals surface area contributed by atoms with Crippen molar-refractivity contribution >= 4 is 0 Å². The molecule has 2 N–H and O–H groups in total. The number of nitrogens with two attached hydrogens (primary N) is 1. The maximum Gasteiger partial charge on any atom is 0.148 e. The molecule has 0 fully saturated rings. The molecule has 2 aromatic heterocycles. The zero-order valence-corrected chi connectivity index (χ0v) is 7.96. The maximum atomic E-state index is 5.48. The second-order valence-electron chi connectivity index (χ2n) is 3.05. The van der Waals surface area contributed by atoms with Crippen LogP contribution in [0.5, 0.6) is 0 Å². The number of hydrogen-bond donors (Lipinski definition) is 1. The number of aromatic nitrogens is 5. The summed E-state index contributed by atoms with van der Waals surface area (Å²) >= 11 is 0. The predicted molar refractivity (Wildman–Crippen MR) is 50.2 cm³/mol. The van der Waals surface area contributed by atoms with Gasteiger partial charge in [-0.15, -0.1) is 0 Å². The minimum absolute atomic E-state index is 0.513. The smallest absolute Gasteiger partial charge is 0.148 e. The van der Waals surface area contributed by atoms with E-state index in [4.69, 9.17) is 5.73 Å². The Bertz CT molecular complexity index is 415. The third-order valence-electron chi connectivity index (χ3n) is 2.03. The third-order valence-corrected chi connectivity index (χ3v) is 2.03. The van der Waals surface area contributed by atoms with E-state index >= 15 is 0 Å². The average molecular weight is 192 g/mol. The van der Waals surface area contributed by atoms with Crippen molar-refractivity contribution in [2.45, 2.75) is 13.1 Å². The summed E-state index contributed by atoms with van der Waals surface area (Å²) in [4.78, 5) is 4.11. The van der Waals surface area contributed by atoms with Gasteiger partial charge >= 0.3 is 0 Å². The molecule has 0 saturated carbocycles. The maximum absolute atomic E-state index is 5.48. The summed E-state index contributed by atoms with van der Waals surface area (Å²) in [6, 6.07) is 0. The molecule has 14 heavy (non-hydrogen) atoms. The van der Waals surface area contributed by atoms with Crippen LogP contribution in [0.2, 0.25) is 0 Å². The van der Waals surface area contributed by atoms with Gasteiger partial charge in [0.1, 0.15) is 18.7 Å². The molecule has 74 valence electrons. The van der Waals surface area contributed by atoms with Crippen LogP contribution in [0.15, 0.2) is 18.7 Å². The van der Waals surface area contributed by atoms with Crippen LogP contribution in [0.1, 0.15) is 11.4 Å². The molecule has 2 rings (SSSR count). The Morgan fingerprint density at radius 2 is 2.29 bits per heavy atom. The van der Waals surface area contributed by atoms with E-state index in [1.54, 1.807) is 15.6 Å². The molecule has 0 unspecified atom stereocenters. The molecule has 6 nitrogen and oxygen atoms in total. The van der Waals surface area contributed by atoms with Gasteiger partial charge in [0.05, 0.1) is 6.20 Å². The topological polar surface area (TPSA) is 74.5 Å². The molecule has 0 aliphatic carbocycles. The Hall–Kier alpha value is -1.69. The van der Waals surface area contributed by atoms with E-state index in [9.17, 15) is 0 Å². The van der Waals surface area contributed by atoms with E-state index in [2.05, 4.69) is 15.2 Å². The molecular formula is C8H12N6. The van der Waals surface area contributed by atoms with Crippen LogP contribution >= 0.6 is 0 Å².